The number of carbonyl (C=O) groups excluding carboxylic acids is 1. The lowest BCUT2D eigenvalue weighted by atomic mass is 10.1. The smallest absolute Gasteiger partial charge is 0.240 e. The number of rotatable bonds is 6. The SMILES string of the molecule is CCC(=O)c1cccc(S(=O)(=O)NCC2CCCCO2)c1. The Balaban J connectivity index is 2.06. The van der Waals surface area contributed by atoms with Gasteiger partial charge >= 0.3 is 0 Å². The van der Waals surface area contributed by atoms with Gasteiger partial charge < -0.3 is 4.74 Å². The second kappa shape index (κ2) is 7.15. The first kappa shape index (κ1) is 16.1. The van der Waals surface area contributed by atoms with Gasteiger partial charge in [0.05, 0.1) is 11.0 Å². The molecule has 0 bridgehead atoms. The Kier molecular flexibility index (Phi) is 5.50. The van der Waals surface area contributed by atoms with Gasteiger partial charge in [0.1, 0.15) is 0 Å². The molecule has 1 N–H and O–H groups in total. The van der Waals surface area contributed by atoms with Gasteiger partial charge in [0.25, 0.3) is 0 Å². The highest BCUT2D eigenvalue weighted by atomic mass is 32.2. The average molecular weight is 311 g/mol. The normalized spacial score (nSPS) is 19.4. The summed E-state index contributed by atoms with van der Waals surface area (Å²) in [6, 6.07) is 6.15. The zero-order valence-corrected chi connectivity index (χ0v) is 13.0. The molecule has 1 heterocycles. The molecule has 1 aliphatic heterocycles. The summed E-state index contributed by atoms with van der Waals surface area (Å²) in [6.07, 6.45) is 3.26. The van der Waals surface area contributed by atoms with Gasteiger partial charge in [0, 0.05) is 25.1 Å². The summed E-state index contributed by atoms with van der Waals surface area (Å²) in [5, 5.41) is 0. The summed E-state index contributed by atoms with van der Waals surface area (Å²) in [7, 11) is -3.61. The Morgan fingerprint density at radius 1 is 1.38 bits per heavy atom. The van der Waals surface area contributed by atoms with E-state index in [4.69, 9.17) is 4.74 Å². The topological polar surface area (TPSA) is 72.5 Å². The fraction of sp³-hybridized carbons (Fsp3) is 0.533. The minimum absolute atomic E-state index is 0.0611. The van der Waals surface area contributed by atoms with Crippen molar-refractivity contribution in [2.75, 3.05) is 13.2 Å². The quantitative estimate of drug-likeness (QED) is 0.817. The molecule has 0 aliphatic carbocycles. The van der Waals surface area contributed by atoms with Crippen molar-refractivity contribution in [1.29, 1.82) is 0 Å². The predicted molar refractivity (Wildman–Crippen MR) is 79.8 cm³/mol. The van der Waals surface area contributed by atoms with Crippen LogP contribution < -0.4 is 4.72 Å². The van der Waals surface area contributed by atoms with Crippen molar-refractivity contribution in [2.24, 2.45) is 0 Å². The van der Waals surface area contributed by atoms with Gasteiger partial charge in [-0.25, -0.2) is 13.1 Å². The number of sulfonamides is 1. The zero-order chi connectivity index (χ0) is 15.3. The molecule has 1 aromatic rings. The van der Waals surface area contributed by atoms with Crippen molar-refractivity contribution in [1.82, 2.24) is 4.72 Å². The van der Waals surface area contributed by atoms with Crippen LogP contribution in [0, 0.1) is 0 Å². The van der Waals surface area contributed by atoms with Crippen LogP contribution in [0.2, 0.25) is 0 Å². The Hall–Kier alpha value is -1.24. The number of hydrogen-bond donors (Lipinski definition) is 1. The maximum Gasteiger partial charge on any atom is 0.240 e. The molecule has 0 radical (unpaired) electrons. The van der Waals surface area contributed by atoms with E-state index in [1.54, 1.807) is 19.1 Å². The lowest BCUT2D eigenvalue weighted by Gasteiger charge is -2.22. The molecular weight excluding hydrogens is 290 g/mol. The largest absolute Gasteiger partial charge is 0.377 e. The maximum atomic E-state index is 12.3. The molecule has 0 spiro atoms. The summed E-state index contributed by atoms with van der Waals surface area (Å²) < 4.78 is 32.6. The molecule has 21 heavy (non-hydrogen) atoms. The maximum absolute atomic E-state index is 12.3. The van der Waals surface area contributed by atoms with E-state index in [2.05, 4.69) is 4.72 Å². The van der Waals surface area contributed by atoms with Crippen LogP contribution in [0.4, 0.5) is 0 Å². The van der Waals surface area contributed by atoms with Crippen molar-refractivity contribution in [3.8, 4) is 0 Å². The summed E-state index contributed by atoms with van der Waals surface area (Å²) in [4.78, 5) is 11.8. The van der Waals surface area contributed by atoms with Gasteiger partial charge in [-0.1, -0.05) is 19.1 Å². The Morgan fingerprint density at radius 3 is 2.86 bits per heavy atom. The number of carbonyl (C=O) groups is 1. The molecule has 1 fully saturated rings. The van der Waals surface area contributed by atoms with Gasteiger partial charge in [-0.2, -0.15) is 0 Å². The van der Waals surface area contributed by atoms with Crippen LogP contribution in [0.15, 0.2) is 29.2 Å². The van der Waals surface area contributed by atoms with Crippen LogP contribution in [0.25, 0.3) is 0 Å². The van der Waals surface area contributed by atoms with E-state index >= 15 is 0 Å². The van der Waals surface area contributed by atoms with Crippen molar-refractivity contribution >= 4 is 15.8 Å². The van der Waals surface area contributed by atoms with Gasteiger partial charge in [-0.05, 0) is 31.4 Å². The van der Waals surface area contributed by atoms with Crippen molar-refractivity contribution in [2.45, 2.75) is 43.6 Å². The second-order valence-electron chi connectivity index (χ2n) is 5.15. The van der Waals surface area contributed by atoms with Crippen molar-refractivity contribution < 1.29 is 17.9 Å². The number of hydrogen-bond acceptors (Lipinski definition) is 4. The zero-order valence-electron chi connectivity index (χ0n) is 12.2. The third kappa shape index (κ3) is 4.36. The Morgan fingerprint density at radius 2 is 2.19 bits per heavy atom. The first-order valence-corrected chi connectivity index (χ1v) is 8.76. The lowest BCUT2D eigenvalue weighted by molar-refractivity contribution is 0.0200. The van der Waals surface area contributed by atoms with Crippen LogP contribution in [0.3, 0.4) is 0 Å². The third-order valence-electron chi connectivity index (χ3n) is 3.56. The molecule has 116 valence electrons. The van der Waals surface area contributed by atoms with E-state index in [-0.39, 0.29) is 23.3 Å². The first-order valence-electron chi connectivity index (χ1n) is 7.27. The van der Waals surface area contributed by atoms with E-state index in [0.29, 0.717) is 18.6 Å². The minimum atomic E-state index is -3.61. The van der Waals surface area contributed by atoms with Crippen LogP contribution in [0.1, 0.15) is 43.0 Å². The summed E-state index contributed by atoms with van der Waals surface area (Å²) in [5.41, 5.74) is 0.425. The number of nitrogens with one attached hydrogen (secondary N) is 1. The monoisotopic (exact) mass is 311 g/mol. The molecular formula is C15H21NO4S. The van der Waals surface area contributed by atoms with Crippen molar-refractivity contribution in [3.63, 3.8) is 0 Å². The lowest BCUT2D eigenvalue weighted by Crippen LogP contribution is -2.35. The minimum Gasteiger partial charge on any atom is -0.377 e. The third-order valence-corrected chi connectivity index (χ3v) is 4.98. The standard InChI is InChI=1S/C15H21NO4S/c1-2-15(17)12-6-5-8-14(10-12)21(18,19)16-11-13-7-3-4-9-20-13/h5-6,8,10,13,16H,2-4,7,9,11H2,1H3. The molecule has 0 saturated carbocycles. The molecule has 1 aromatic carbocycles. The highest BCUT2D eigenvalue weighted by Crippen LogP contribution is 2.15. The number of ketones is 1. The molecule has 1 unspecified atom stereocenters. The van der Waals surface area contributed by atoms with Gasteiger partial charge in [-0.15, -0.1) is 0 Å². The number of ether oxygens (including phenoxy) is 1. The molecule has 1 atom stereocenters. The molecule has 1 aliphatic rings. The molecule has 0 amide bonds. The highest BCUT2D eigenvalue weighted by molar-refractivity contribution is 7.89. The summed E-state index contributed by atoms with van der Waals surface area (Å²) in [6.45, 7) is 2.71. The van der Waals surface area contributed by atoms with Crippen molar-refractivity contribution in [3.05, 3.63) is 29.8 Å². The van der Waals surface area contributed by atoms with Gasteiger partial charge in [0.15, 0.2) is 5.78 Å². The summed E-state index contributed by atoms with van der Waals surface area (Å²) in [5.74, 6) is -0.0670. The average Bonchev–Trinajstić information content (AvgIpc) is 2.53. The predicted octanol–water partition coefficient (Wildman–Crippen LogP) is 2.13. The number of benzene rings is 1. The molecule has 6 heteroatoms. The Labute approximate surface area is 125 Å². The van der Waals surface area contributed by atoms with Gasteiger partial charge in [0.2, 0.25) is 10.0 Å². The van der Waals surface area contributed by atoms with Crippen LogP contribution in [0.5, 0.6) is 0 Å². The fourth-order valence-electron chi connectivity index (χ4n) is 2.30. The Bertz CT molecular complexity index is 591. The van der Waals surface area contributed by atoms with E-state index in [0.717, 1.165) is 19.3 Å². The first-order chi connectivity index (χ1) is 10.0. The van der Waals surface area contributed by atoms with Crippen LogP contribution >= 0.6 is 0 Å². The molecule has 1 saturated heterocycles. The van der Waals surface area contributed by atoms with E-state index in [9.17, 15) is 13.2 Å². The fourth-order valence-corrected chi connectivity index (χ4v) is 3.41. The van der Waals surface area contributed by atoms with E-state index in [1.807, 2.05) is 0 Å². The number of Topliss-reactive ketones (excluding diaryl/α,β-unsaturated/α-hetero) is 1. The van der Waals surface area contributed by atoms with Crippen LogP contribution in [-0.2, 0) is 14.8 Å². The highest BCUT2D eigenvalue weighted by Gasteiger charge is 2.20. The molecule has 5 nitrogen and oxygen atoms in total. The van der Waals surface area contributed by atoms with Gasteiger partial charge in [-0.3, -0.25) is 4.79 Å². The summed E-state index contributed by atoms with van der Waals surface area (Å²) >= 11 is 0. The van der Waals surface area contributed by atoms with E-state index in [1.165, 1.54) is 12.1 Å². The molecule has 0 aromatic heterocycles. The second-order valence-corrected chi connectivity index (χ2v) is 6.91. The molecule has 2 rings (SSSR count). The van der Waals surface area contributed by atoms with Crippen LogP contribution in [-0.4, -0.2) is 33.5 Å². The van der Waals surface area contributed by atoms with E-state index < -0.39 is 10.0 Å².